The Morgan fingerprint density at radius 3 is 2.70 bits per heavy atom. The summed E-state index contributed by atoms with van der Waals surface area (Å²) in [6.45, 7) is 1.06. The summed E-state index contributed by atoms with van der Waals surface area (Å²) in [5, 5.41) is 12.7. The molecule has 27 heavy (non-hydrogen) atoms. The second-order valence-corrected chi connectivity index (χ2v) is 7.87. The Balaban J connectivity index is 1.68. The summed E-state index contributed by atoms with van der Waals surface area (Å²) in [4.78, 5) is 40.2. The molecule has 0 aromatic heterocycles. The van der Waals surface area contributed by atoms with Gasteiger partial charge in [0.05, 0.1) is 10.6 Å². The molecule has 2 N–H and O–H groups in total. The van der Waals surface area contributed by atoms with Gasteiger partial charge in [0.1, 0.15) is 6.04 Å². The van der Waals surface area contributed by atoms with Gasteiger partial charge in [-0.15, -0.1) is 0 Å². The normalized spacial score (nSPS) is 27.4. The van der Waals surface area contributed by atoms with E-state index < -0.39 is 12.0 Å². The topological polar surface area (TPSA) is 89.9 Å². The van der Waals surface area contributed by atoms with Crippen LogP contribution in [0.3, 0.4) is 0 Å². The van der Waals surface area contributed by atoms with E-state index in [1.54, 1.807) is 23.1 Å². The van der Waals surface area contributed by atoms with Crippen molar-refractivity contribution in [1.82, 2.24) is 10.2 Å². The minimum Gasteiger partial charge on any atom is -0.480 e. The Labute approximate surface area is 162 Å². The second kappa shape index (κ2) is 7.03. The number of aliphatic carboxylic acids is 1. The first kappa shape index (κ1) is 18.1. The average Bonchev–Trinajstić information content (AvgIpc) is 3.25. The Kier molecular flexibility index (Phi) is 4.72. The zero-order chi connectivity index (χ0) is 19.1. The number of urea groups is 1. The number of hydrogen-bond acceptors (Lipinski definition) is 3. The zero-order valence-corrected chi connectivity index (χ0v) is 15.6. The summed E-state index contributed by atoms with van der Waals surface area (Å²) in [5.41, 5.74) is 0.843. The number of nitrogens with zero attached hydrogens (tertiary/aromatic N) is 2. The lowest BCUT2D eigenvalue weighted by Crippen LogP contribution is -2.46. The van der Waals surface area contributed by atoms with Gasteiger partial charge >= 0.3 is 12.0 Å². The highest BCUT2D eigenvalue weighted by Crippen LogP contribution is 2.41. The van der Waals surface area contributed by atoms with E-state index in [1.165, 1.54) is 4.90 Å². The largest absolute Gasteiger partial charge is 0.480 e. The number of likely N-dealkylation sites (tertiary alicyclic amines) is 1. The molecule has 2 heterocycles. The fraction of sp³-hybridized carbons (Fsp3) is 0.526. The van der Waals surface area contributed by atoms with Gasteiger partial charge in [-0.1, -0.05) is 24.4 Å². The molecular weight excluding hydrogens is 370 g/mol. The van der Waals surface area contributed by atoms with E-state index in [9.17, 15) is 19.5 Å². The Morgan fingerprint density at radius 2 is 2.00 bits per heavy atom. The van der Waals surface area contributed by atoms with Crippen LogP contribution in [0.25, 0.3) is 0 Å². The van der Waals surface area contributed by atoms with Crippen molar-refractivity contribution in [2.24, 2.45) is 5.92 Å². The Morgan fingerprint density at radius 1 is 1.22 bits per heavy atom. The van der Waals surface area contributed by atoms with Crippen molar-refractivity contribution in [3.63, 3.8) is 0 Å². The number of benzene rings is 1. The predicted octanol–water partition coefficient (Wildman–Crippen LogP) is 2.73. The molecule has 7 nitrogen and oxygen atoms in total. The van der Waals surface area contributed by atoms with E-state index in [0.717, 1.165) is 25.7 Å². The van der Waals surface area contributed by atoms with Crippen LogP contribution in [0, 0.1) is 5.92 Å². The lowest BCUT2D eigenvalue weighted by atomic mass is 9.84. The molecular formula is C19H22ClN3O4. The summed E-state index contributed by atoms with van der Waals surface area (Å²) >= 11 is 6.30. The zero-order valence-electron chi connectivity index (χ0n) is 14.9. The third kappa shape index (κ3) is 3.14. The molecule has 0 bridgehead atoms. The number of halogens is 1. The van der Waals surface area contributed by atoms with E-state index in [4.69, 9.17) is 11.6 Å². The van der Waals surface area contributed by atoms with Gasteiger partial charge in [0.25, 0.3) is 5.91 Å². The SMILES string of the molecule is O=C(O)[C@@H]1C[C@H]2CCCC[C@H]2N1C(=O)c1cc(N2CCNC2=O)ccc1Cl. The molecule has 2 saturated heterocycles. The summed E-state index contributed by atoms with van der Waals surface area (Å²) in [6, 6.07) is 3.81. The number of fused-ring (bicyclic) bond motifs is 1. The van der Waals surface area contributed by atoms with E-state index in [1.807, 2.05) is 0 Å². The molecule has 0 radical (unpaired) electrons. The highest BCUT2D eigenvalue weighted by molar-refractivity contribution is 6.34. The van der Waals surface area contributed by atoms with E-state index in [2.05, 4.69) is 5.32 Å². The van der Waals surface area contributed by atoms with Crippen LogP contribution in [0.5, 0.6) is 0 Å². The molecule has 144 valence electrons. The Bertz CT molecular complexity index is 799. The van der Waals surface area contributed by atoms with Crippen molar-refractivity contribution in [3.05, 3.63) is 28.8 Å². The number of carboxylic acid groups (broad SMARTS) is 1. The van der Waals surface area contributed by atoms with Gasteiger partial charge in [-0.3, -0.25) is 9.69 Å². The molecule has 3 aliphatic rings. The molecule has 1 saturated carbocycles. The molecule has 2 aliphatic heterocycles. The number of rotatable bonds is 3. The van der Waals surface area contributed by atoms with Crippen molar-refractivity contribution < 1.29 is 19.5 Å². The van der Waals surface area contributed by atoms with Crippen LogP contribution < -0.4 is 10.2 Å². The number of nitrogens with one attached hydrogen (secondary N) is 1. The number of anilines is 1. The summed E-state index contributed by atoms with van der Waals surface area (Å²) in [6.07, 6.45) is 4.36. The molecule has 0 spiro atoms. The number of carboxylic acids is 1. The van der Waals surface area contributed by atoms with Gasteiger partial charge in [-0.05, 0) is 43.4 Å². The standard InChI is InChI=1S/C19H22ClN3O4/c20-14-6-5-12(22-8-7-21-19(22)27)10-13(14)17(24)23-15-4-2-1-3-11(15)9-16(23)18(25)26/h5-6,10-11,15-16H,1-4,7-9H2,(H,21,27)(H,25,26)/t11-,15-,16+/m1/s1. The van der Waals surface area contributed by atoms with Crippen LogP contribution in [0.2, 0.25) is 5.02 Å². The van der Waals surface area contributed by atoms with Crippen LogP contribution in [-0.2, 0) is 4.79 Å². The van der Waals surface area contributed by atoms with E-state index in [0.29, 0.717) is 25.2 Å². The van der Waals surface area contributed by atoms with E-state index in [-0.39, 0.29) is 34.5 Å². The van der Waals surface area contributed by atoms with Crippen molar-refractivity contribution in [2.75, 3.05) is 18.0 Å². The average molecular weight is 392 g/mol. The molecule has 0 unspecified atom stereocenters. The fourth-order valence-electron chi connectivity index (χ4n) is 4.67. The van der Waals surface area contributed by atoms with Gasteiger partial charge in [0.2, 0.25) is 0 Å². The first-order valence-corrected chi connectivity index (χ1v) is 9.75. The summed E-state index contributed by atoms with van der Waals surface area (Å²) < 4.78 is 0. The Hall–Kier alpha value is -2.28. The highest BCUT2D eigenvalue weighted by atomic mass is 35.5. The molecule has 8 heteroatoms. The smallest absolute Gasteiger partial charge is 0.326 e. The first-order valence-electron chi connectivity index (χ1n) is 9.37. The van der Waals surface area contributed by atoms with Crippen molar-refractivity contribution in [1.29, 1.82) is 0 Å². The van der Waals surface area contributed by atoms with Gasteiger partial charge < -0.3 is 15.3 Å². The minimum atomic E-state index is -0.969. The molecule has 1 aliphatic carbocycles. The second-order valence-electron chi connectivity index (χ2n) is 7.46. The lowest BCUT2D eigenvalue weighted by Gasteiger charge is -2.33. The molecule has 1 aromatic rings. The third-order valence-electron chi connectivity index (χ3n) is 5.96. The van der Waals surface area contributed by atoms with Gasteiger partial charge in [-0.2, -0.15) is 0 Å². The van der Waals surface area contributed by atoms with Crippen LogP contribution >= 0.6 is 11.6 Å². The number of hydrogen-bond donors (Lipinski definition) is 2. The third-order valence-corrected chi connectivity index (χ3v) is 6.29. The molecule has 4 rings (SSSR count). The maximum atomic E-state index is 13.3. The number of carbonyl (C=O) groups excluding carboxylic acids is 2. The van der Waals surface area contributed by atoms with Crippen LogP contribution in [0.4, 0.5) is 10.5 Å². The van der Waals surface area contributed by atoms with Crippen LogP contribution in [0.1, 0.15) is 42.5 Å². The molecule has 3 atom stereocenters. The van der Waals surface area contributed by atoms with Gasteiger partial charge in [0, 0.05) is 24.8 Å². The summed E-state index contributed by atoms with van der Waals surface area (Å²) in [7, 11) is 0. The lowest BCUT2D eigenvalue weighted by molar-refractivity contribution is -0.141. The van der Waals surface area contributed by atoms with E-state index >= 15 is 0 Å². The highest BCUT2D eigenvalue weighted by Gasteiger charge is 2.48. The van der Waals surface area contributed by atoms with Crippen molar-refractivity contribution in [2.45, 2.75) is 44.2 Å². The van der Waals surface area contributed by atoms with Gasteiger partial charge in [0.15, 0.2) is 0 Å². The molecule has 1 aromatic carbocycles. The van der Waals surface area contributed by atoms with Crippen LogP contribution in [-0.4, -0.2) is 53.1 Å². The maximum absolute atomic E-state index is 13.3. The molecule has 3 amide bonds. The number of amides is 3. The van der Waals surface area contributed by atoms with Crippen molar-refractivity contribution in [3.8, 4) is 0 Å². The van der Waals surface area contributed by atoms with Crippen molar-refractivity contribution >= 4 is 35.2 Å². The maximum Gasteiger partial charge on any atom is 0.326 e. The quantitative estimate of drug-likeness (QED) is 0.828. The first-order chi connectivity index (χ1) is 13.0. The predicted molar refractivity (Wildman–Crippen MR) is 100 cm³/mol. The number of carbonyl (C=O) groups is 3. The monoisotopic (exact) mass is 391 g/mol. The molecule has 3 fully saturated rings. The fourth-order valence-corrected chi connectivity index (χ4v) is 4.87. The summed E-state index contributed by atoms with van der Waals surface area (Å²) in [5.74, 6) is -1.10. The van der Waals surface area contributed by atoms with Crippen LogP contribution in [0.15, 0.2) is 18.2 Å². The minimum absolute atomic E-state index is 0.0536. The van der Waals surface area contributed by atoms with Gasteiger partial charge in [-0.25, -0.2) is 9.59 Å².